The molecule has 1 saturated heterocycles. The summed E-state index contributed by atoms with van der Waals surface area (Å²) in [6.45, 7) is 6.91. The van der Waals surface area contributed by atoms with Crippen LogP contribution in [0.2, 0.25) is 0 Å². The Hall–Kier alpha value is -1.03. The van der Waals surface area contributed by atoms with E-state index in [1.54, 1.807) is 0 Å². The molecule has 0 atom stereocenters. The second-order valence-corrected chi connectivity index (χ2v) is 4.79. The third kappa shape index (κ3) is 2.31. The molecule has 0 radical (unpaired) electrons. The number of nitrogen functional groups attached to an aromatic ring is 1. The van der Waals surface area contributed by atoms with Crippen molar-refractivity contribution < 1.29 is 4.74 Å². The number of nitrogens with zero attached hydrogens (tertiary/aromatic N) is 2. The van der Waals surface area contributed by atoms with Crippen molar-refractivity contribution >= 4 is 5.69 Å². The van der Waals surface area contributed by atoms with Gasteiger partial charge >= 0.3 is 0 Å². The molecule has 0 amide bonds. The summed E-state index contributed by atoms with van der Waals surface area (Å²) in [7, 11) is 0. The van der Waals surface area contributed by atoms with Crippen molar-refractivity contribution in [1.82, 2.24) is 9.78 Å². The fourth-order valence-corrected chi connectivity index (χ4v) is 2.03. The summed E-state index contributed by atoms with van der Waals surface area (Å²) in [5.74, 6) is 0. The lowest BCUT2D eigenvalue weighted by Gasteiger charge is -2.33. The van der Waals surface area contributed by atoms with Gasteiger partial charge in [-0.3, -0.25) is 4.68 Å². The zero-order valence-corrected chi connectivity index (χ0v) is 9.49. The topological polar surface area (TPSA) is 53.1 Å². The monoisotopic (exact) mass is 209 g/mol. The summed E-state index contributed by atoms with van der Waals surface area (Å²) < 4.78 is 7.35. The molecular formula is C11H19N3O. The summed E-state index contributed by atoms with van der Waals surface area (Å²) in [6.07, 6.45) is 4.13. The van der Waals surface area contributed by atoms with Crippen LogP contribution in [0.3, 0.4) is 0 Å². The van der Waals surface area contributed by atoms with Gasteiger partial charge < -0.3 is 10.5 Å². The normalized spacial score (nSPS) is 20.4. The van der Waals surface area contributed by atoms with E-state index in [4.69, 9.17) is 10.5 Å². The van der Waals surface area contributed by atoms with Crippen molar-refractivity contribution in [3.63, 3.8) is 0 Å². The molecule has 0 bridgehead atoms. The Kier molecular flexibility index (Phi) is 2.69. The molecule has 0 unspecified atom stereocenters. The number of aryl methyl sites for hydroxylation is 1. The Morgan fingerprint density at radius 2 is 2.20 bits per heavy atom. The maximum absolute atomic E-state index is 5.78. The number of rotatable bonds is 2. The van der Waals surface area contributed by atoms with E-state index in [0.717, 1.165) is 44.0 Å². The predicted molar refractivity (Wildman–Crippen MR) is 59.5 cm³/mol. The third-order valence-corrected chi connectivity index (χ3v) is 3.23. The zero-order valence-electron chi connectivity index (χ0n) is 9.49. The van der Waals surface area contributed by atoms with Crippen LogP contribution in [0.1, 0.15) is 25.5 Å². The van der Waals surface area contributed by atoms with Gasteiger partial charge in [-0.25, -0.2) is 0 Å². The molecule has 84 valence electrons. The van der Waals surface area contributed by atoms with E-state index < -0.39 is 0 Å². The number of nitrogens with two attached hydrogens (primary N) is 1. The van der Waals surface area contributed by atoms with Crippen LogP contribution in [-0.4, -0.2) is 23.0 Å². The van der Waals surface area contributed by atoms with Gasteiger partial charge in [0.2, 0.25) is 0 Å². The van der Waals surface area contributed by atoms with E-state index in [1.807, 2.05) is 17.8 Å². The standard InChI is InChI=1S/C11H19N3O/c1-9-10(12)7-14(13-9)8-11(2)3-5-15-6-4-11/h7H,3-6,8,12H2,1-2H3. The molecule has 0 aliphatic carbocycles. The van der Waals surface area contributed by atoms with Crippen molar-refractivity contribution in [2.24, 2.45) is 5.41 Å². The summed E-state index contributed by atoms with van der Waals surface area (Å²) in [5, 5.41) is 4.40. The number of hydrogen-bond donors (Lipinski definition) is 1. The summed E-state index contributed by atoms with van der Waals surface area (Å²) in [6, 6.07) is 0. The molecule has 1 aliphatic rings. The molecule has 2 heterocycles. The first-order valence-electron chi connectivity index (χ1n) is 5.46. The van der Waals surface area contributed by atoms with E-state index in [-0.39, 0.29) is 0 Å². The van der Waals surface area contributed by atoms with E-state index in [2.05, 4.69) is 12.0 Å². The van der Waals surface area contributed by atoms with Gasteiger partial charge in [-0.1, -0.05) is 6.92 Å². The fourth-order valence-electron chi connectivity index (χ4n) is 2.03. The molecule has 2 N–H and O–H groups in total. The van der Waals surface area contributed by atoms with Gasteiger partial charge in [-0.05, 0) is 25.2 Å². The first-order valence-corrected chi connectivity index (χ1v) is 5.46. The highest BCUT2D eigenvalue weighted by molar-refractivity contribution is 5.39. The Morgan fingerprint density at radius 1 is 1.53 bits per heavy atom. The third-order valence-electron chi connectivity index (χ3n) is 3.23. The maximum Gasteiger partial charge on any atom is 0.0822 e. The fraction of sp³-hybridized carbons (Fsp3) is 0.727. The molecule has 0 aromatic carbocycles. The Morgan fingerprint density at radius 3 is 2.73 bits per heavy atom. The van der Waals surface area contributed by atoms with Gasteiger partial charge in [0.15, 0.2) is 0 Å². The molecular weight excluding hydrogens is 190 g/mol. The van der Waals surface area contributed by atoms with E-state index in [9.17, 15) is 0 Å². The highest BCUT2D eigenvalue weighted by Crippen LogP contribution is 2.31. The van der Waals surface area contributed by atoms with Gasteiger partial charge in [-0.15, -0.1) is 0 Å². The smallest absolute Gasteiger partial charge is 0.0822 e. The van der Waals surface area contributed by atoms with Crippen LogP contribution >= 0.6 is 0 Å². The maximum atomic E-state index is 5.78. The number of hydrogen-bond acceptors (Lipinski definition) is 3. The molecule has 1 aromatic heterocycles. The zero-order chi connectivity index (χ0) is 10.9. The van der Waals surface area contributed by atoms with Crippen molar-refractivity contribution in [2.75, 3.05) is 18.9 Å². The van der Waals surface area contributed by atoms with E-state index in [1.165, 1.54) is 0 Å². The van der Waals surface area contributed by atoms with Crippen LogP contribution in [0.4, 0.5) is 5.69 Å². The second kappa shape index (κ2) is 3.85. The van der Waals surface area contributed by atoms with Crippen LogP contribution in [0, 0.1) is 12.3 Å². The average molecular weight is 209 g/mol. The number of aromatic nitrogens is 2. The van der Waals surface area contributed by atoms with Gasteiger partial charge in [-0.2, -0.15) is 5.10 Å². The summed E-state index contributed by atoms with van der Waals surface area (Å²) >= 11 is 0. The molecule has 15 heavy (non-hydrogen) atoms. The molecule has 0 spiro atoms. The molecule has 4 nitrogen and oxygen atoms in total. The first kappa shape index (κ1) is 10.5. The molecule has 2 rings (SSSR count). The predicted octanol–water partition coefficient (Wildman–Crippen LogP) is 1.59. The minimum atomic E-state index is 0.309. The second-order valence-electron chi connectivity index (χ2n) is 4.79. The lowest BCUT2D eigenvalue weighted by atomic mass is 9.82. The van der Waals surface area contributed by atoms with Crippen molar-refractivity contribution in [3.8, 4) is 0 Å². The summed E-state index contributed by atoms with van der Waals surface area (Å²) in [4.78, 5) is 0. The van der Waals surface area contributed by atoms with E-state index in [0.29, 0.717) is 5.41 Å². The van der Waals surface area contributed by atoms with Gasteiger partial charge in [0, 0.05) is 26.0 Å². The summed E-state index contributed by atoms with van der Waals surface area (Å²) in [5.41, 5.74) is 7.79. The van der Waals surface area contributed by atoms with Crippen LogP contribution in [0.5, 0.6) is 0 Å². The SMILES string of the molecule is Cc1nn(CC2(C)CCOCC2)cc1N. The van der Waals surface area contributed by atoms with Crippen LogP contribution in [0.15, 0.2) is 6.20 Å². The molecule has 1 aliphatic heterocycles. The van der Waals surface area contributed by atoms with Gasteiger partial charge in [0.25, 0.3) is 0 Å². The quantitative estimate of drug-likeness (QED) is 0.804. The molecule has 4 heteroatoms. The number of ether oxygens (including phenoxy) is 1. The van der Waals surface area contributed by atoms with Crippen LogP contribution < -0.4 is 5.73 Å². The lowest BCUT2D eigenvalue weighted by Crippen LogP contribution is -2.31. The average Bonchev–Trinajstić information content (AvgIpc) is 2.46. The van der Waals surface area contributed by atoms with Gasteiger partial charge in [0.1, 0.15) is 0 Å². The van der Waals surface area contributed by atoms with Crippen molar-refractivity contribution in [1.29, 1.82) is 0 Å². The minimum Gasteiger partial charge on any atom is -0.396 e. The largest absolute Gasteiger partial charge is 0.396 e. The van der Waals surface area contributed by atoms with Crippen LogP contribution in [-0.2, 0) is 11.3 Å². The van der Waals surface area contributed by atoms with Crippen LogP contribution in [0.25, 0.3) is 0 Å². The minimum absolute atomic E-state index is 0.309. The Labute approximate surface area is 90.4 Å². The first-order chi connectivity index (χ1) is 7.09. The molecule has 1 aromatic rings. The highest BCUT2D eigenvalue weighted by atomic mass is 16.5. The lowest BCUT2D eigenvalue weighted by molar-refractivity contribution is 0.0138. The van der Waals surface area contributed by atoms with Gasteiger partial charge in [0.05, 0.1) is 11.4 Å². The number of anilines is 1. The Bertz CT molecular complexity index is 320. The van der Waals surface area contributed by atoms with Crippen molar-refractivity contribution in [3.05, 3.63) is 11.9 Å². The molecule has 0 saturated carbocycles. The van der Waals surface area contributed by atoms with Crippen molar-refractivity contribution in [2.45, 2.75) is 33.2 Å². The molecule has 1 fully saturated rings. The highest BCUT2D eigenvalue weighted by Gasteiger charge is 2.28. The Balaban J connectivity index is 2.06. The van der Waals surface area contributed by atoms with E-state index >= 15 is 0 Å².